The highest BCUT2D eigenvalue weighted by Gasteiger charge is 2.44. The van der Waals surface area contributed by atoms with Gasteiger partial charge in [-0.25, -0.2) is 8.42 Å². The van der Waals surface area contributed by atoms with Crippen molar-refractivity contribution in [2.24, 2.45) is 5.92 Å². The molecular formula is C12H23NO5S. The number of sulfonamides is 1. The number of nitrogens with one attached hydrogen (secondary N) is 1. The molecule has 1 fully saturated rings. The second kappa shape index (κ2) is 6.67. The molecule has 0 saturated heterocycles. The molecule has 0 radical (unpaired) electrons. The molecule has 1 rings (SSSR count). The molecule has 1 aliphatic carbocycles. The fraction of sp³-hybridized carbons (Fsp3) is 0.917. The lowest BCUT2D eigenvalue weighted by Gasteiger charge is -2.36. The van der Waals surface area contributed by atoms with Crippen LogP contribution in [-0.2, 0) is 19.6 Å². The molecule has 7 heteroatoms. The fourth-order valence-corrected chi connectivity index (χ4v) is 3.60. The lowest BCUT2D eigenvalue weighted by atomic mass is 9.78. The highest BCUT2D eigenvalue weighted by atomic mass is 32.2. The molecule has 6 nitrogen and oxygen atoms in total. The summed E-state index contributed by atoms with van der Waals surface area (Å²) in [7, 11) is -3.63. The predicted octanol–water partition coefficient (Wildman–Crippen LogP) is 0.976. The van der Waals surface area contributed by atoms with Gasteiger partial charge in [0.2, 0.25) is 10.0 Å². The zero-order valence-electron chi connectivity index (χ0n) is 11.5. The van der Waals surface area contributed by atoms with Gasteiger partial charge in [0.25, 0.3) is 0 Å². The topological polar surface area (TPSA) is 92.7 Å². The number of carbonyl (C=O) groups is 1. The van der Waals surface area contributed by atoms with Crippen molar-refractivity contribution in [3.05, 3.63) is 0 Å². The number of ether oxygens (including phenoxy) is 1. The van der Waals surface area contributed by atoms with Crippen molar-refractivity contribution in [3.63, 3.8) is 0 Å². The first-order chi connectivity index (χ1) is 8.81. The molecule has 0 spiro atoms. The van der Waals surface area contributed by atoms with Gasteiger partial charge in [-0.05, 0) is 38.5 Å². The van der Waals surface area contributed by atoms with Crippen molar-refractivity contribution >= 4 is 16.0 Å². The summed E-state index contributed by atoms with van der Waals surface area (Å²) in [4.78, 5) is 11.4. The molecular weight excluding hydrogens is 270 g/mol. The van der Waals surface area contributed by atoms with E-state index in [1.54, 1.807) is 6.92 Å². The van der Waals surface area contributed by atoms with Crippen LogP contribution in [-0.4, -0.2) is 44.0 Å². The average molecular weight is 293 g/mol. The minimum Gasteiger partial charge on any atom is -0.480 e. The number of carboxylic acid groups (broad SMARTS) is 1. The molecule has 19 heavy (non-hydrogen) atoms. The van der Waals surface area contributed by atoms with Crippen LogP contribution in [0.25, 0.3) is 0 Å². The Bertz CT molecular complexity index is 398. The summed E-state index contributed by atoms with van der Waals surface area (Å²) in [5, 5.41) is 9.35. The zero-order chi connectivity index (χ0) is 14.5. The van der Waals surface area contributed by atoms with Gasteiger partial charge in [0.05, 0.1) is 12.4 Å². The molecule has 1 saturated carbocycles. The number of aliphatic carboxylic acids is 1. The molecule has 0 bridgehead atoms. The molecule has 0 aromatic heterocycles. The molecule has 0 aliphatic heterocycles. The summed E-state index contributed by atoms with van der Waals surface area (Å²) in [6, 6.07) is 0. The maximum Gasteiger partial charge on any atom is 0.324 e. The molecule has 1 aliphatic rings. The standard InChI is InChI=1S/C12H23NO5S/c1-3-18-8-9-19(16,17)13-12(11(14)15)6-4-10(2)5-7-12/h10,13H,3-9H2,1-2H3,(H,14,15). The van der Waals surface area contributed by atoms with E-state index in [0.717, 1.165) is 12.8 Å². The summed E-state index contributed by atoms with van der Waals surface area (Å²) < 4.78 is 31.2. The molecule has 0 aromatic carbocycles. The normalized spacial score (nSPS) is 28.2. The third-order valence-corrected chi connectivity index (χ3v) is 4.99. The first-order valence-corrected chi connectivity index (χ1v) is 8.29. The van der Waals surface area contributed by atoms with Crippen LogP contribution < -0.4 is 4.72 Å². The van der Waals surface area contributed by atoms with Crippen LogP contribution in [0.4, 0.5) is 0 Å². The lowest BCUT2D eigenvalue weighted by molar-refractivity contribution is -0.145. The molecule has 0 amide bonds. The highest BCUT2D eigenvalue weighted by Crippen LogP contribution is 2.32. The Kier molecular flexibility index (Phi) is 5.76. The number of rotatable bonds is 7. The maximum atomic E-state index is 11.9. The van der Waals surface area contributed by atoms with Crippen molar-refractivity contribution in [2.75, 3.05) is 19.0 Å². The van der Waals surface area contributed by atoms with Crippen LogP contribution in [0.5, 0.6) is 0 Å². The zero-order valence-corrected chi connectivity index (χ0v) is 12.3. The average Bonchev–Trinajstić information content (AvgIpc) is 2.32. The van der Waals surface area contributed by atoms with Crippen molar-refractivity contribution < 1.29 is 23.1 Å². The molecule has 0 heterocycles. The number of hydrogen-bond acceptors (Lipinski definition) is 4. The largest absolute Gasteiger partial charge is 0.480 e. The van der Waals surface area contributed by atoms with Crippen molar-refractivity contribution in [1.82, 2.24) is 4.72 Å². The second-order valence-electron chi connectivity index (χ2n) is 5.19. The molecule has 112 valence electrons. The fourth-order valence-electron chi connectivity index (χ4n) is 2.28. The van der Waals surface area contributed by atoms with Crippen molar-refractivity contribution in [2.45, 2.75) is 45.1 Å². The van der Waals surface area contributed by atoms with Gasteiger partial charge in [-0.15, -0.1) is 0 Å². The molecule has 0 atom stereocenters. The Balaban J connectivity index is 2.71. The summed E-state index contributed by atoms with van der Waals surface area (Å²) >= 11 is 0. The van der Waals surface area contributed by atoms with Gasteiger partial charge in [0, 0.05) is 6.61 Å². The summed E-state index contributed by atoms with van der Waals surface area (Å²) in [5.41, 5.74) is -1.34. The third kappa shape index (κ3) is 4.74. The van der Waals surface area contributed by atoms with Gasteiger partial charge < -0.3 is 9.84 Å². The van der Waals surface area contributed by atoms with E-state index in [1.165, 1.54) is 0 Å². The molecule has 0 aromatic rings. The van der Waals surface area contributed by atoms with E-state index in [4.69, 9.17) is 4.74 Å². The summed E-state index contributed by atoms with van der Waals surface area (Å²) in [6.45, 7) is 4.35. The van der Waals surface area contributed by atoms with Gasteiger partial charge >= 0.3 is 5.97 Å². The van der Waals surface area contributed by atoms with E-state index < -0.39 is 21.5 Å². The van der Waals surface area contributed by atoms with E-state index in [1.807, 2.05) is 0 Å². The van der Waals surface area contributed by atoms with Crippen LogP contribution >= 0.6 is 0 Å². The predicted molar refractivity (Wildman–Crippen MR) is 71.4 cm³/mol. The van der Waals surface area contributed by atoms with E-state index in [-0.39, 0.29) is 12.4 Å². The van der Waals surface area contributed by atoms with Crippen LogP contribution in [0.1, 0.15) is 39.5 Å². The van der Waals surface area contributed by atoms with Crippen molar-refractivity contribution in [3.8, 4) is 0 Å². The summed E-state index contributed by atoms with van der Waals surface area (Å²) in [6.07, 6.45) is 2.13. The Labute approximate surface area is 114 Å². The minimum absolute atomic E-state index is 0.0813. The van der Waals surface area contributed by atoms with Gasteiger partial charge in [0.15, 0.2) is 0 Å². The summed E-state index contributed by atoms with van der Waals surface area (Å²) in [5.74, 6) is -0.842. The van der Waals surface area contributed by atoms with E-state index in [9.17, 15) is 18.3 Å². The van der Waals surface area contributed by atoms with Crippen molar-refractivity contribution in [1.29, 1.82) is 0 Å². The smallest absolute Gasteiger partial charge is 0.324 e. The van der Waals surface area contributed by atoms with Crippen LogP contribution in [0.3, 0.4) is 0 Å². The highest BCUT2D eigenvalue weighted by molar-refractivity contribution is 7.89. The SMILES string of the molecule is CCOCCS(=O)(=O)NC1(C(=O)O)CCC(C)CC1. The Hall–Kier alpha value is -0.660. The quantitative estimate of drug-likeness (QED) is 0.682. The number of carboxylic acids is 1. The Morgan fingerprint density at radius 3 is 2.47 bits per heavy atom. The first-order valence-electron chi connectivity index (χ1n) is 6.64. The second-order valence-corrected chi connectivity index (χ2v) is 7.03. The van der Waals surface area contributed by atoms with Gasteiger partial charge in [-0.2, -0.15) is 4.72 Å². The van der Waals surface area contributed by atoms with E-state index in [2.05, 4.69) is 11.6 Å². The third-order valence-electron chi connectivity index (χ3n) is 3.59. The maximum absolute atomic E-state index is 11.9. The van der Waals surface area contributed by atoms with E-state index >= 15 is 0 Å². The van der Waals surface area contributed by atoms with Gasteiger partial charge in [-0.3, -0.25) is 4.79 Å². The monoisotopic (exact) mass is 293 g/mol. The first kappa shape index (κ1) is 16.4. The lowest BCUT2D eigenvalue weighted by Crippen LogP contribution is -2.56. The van der Waals surface area contributed by atoms with Crippen LogP contribution in [0.2, 0.25) is 0 Å². The molecule has 0 unspecified atom stereocenters. The number of hydrogen-bond donors (Lipinski definition) is 2. The van der Waals surface area contributed by atoms with Crippen LogP contribution in [0, 0.1) is 5.92 Å². The van der Waals surface area contributed by atoms with Gasteiger partial charge in [-0.1, -0.05) is 6.92 Å². The van der Waals surface area contributed by atoms with Crippen LogP contribution in [0.15, 0.2) is 0 Å². The van der Waals surface area contributed by atoms with Gasteiger partial charge in [0.1, 0.15) is 5.54 Å². The minimum atomic E-state index is -3.63. The van der Waals surface area contributed by atoms with E-state index in [0.29, 0.717) is 25.4 Å². The molecule has 2 N–H and O–H groups in total. The Morgan fingerprint density at radius 2 is 2.00 bits per heavy atom. The Morgan fingerprint density at radius 1 is 1.42 bits per heavy atom.